The van der Waals surface area contributed by atoms with Gasteiger partial charge in [0.25, 0.3) is 11.6 Å². The highest BCUT2D eigenvalue weighted by Crippen LogP contribution is 2.41. The molecule has 7 heteroatoms. The number of hydrogen-bond donors (Lipinski definition) is 2. The number of rotatable bonds is 5. The van der Waals surface area contributed by atoms with Crippen molar-refractivity contribution in [3.8, 4) is 0 Å². The molecule has 2 N–H and O–H groups in total. The van der Waals surface area contributed by atoms with Gasteiger partial charge in [-0.1, -0.05) is 19.0 Å². The zero-order valence-corrected chi connectivity index (χ0v) is 14.3. The van der Waals surface area contributed by atoms with Crippen LogP contribution in [0.1, 0.15) is 73.1 Å². The highest BCUT2D eigenvalue weighted by Gasteiger charge is 2.36. The van der Waals surface area contributed by atoms with Crippen molar-refractivity contribution in [3.63, 3.8) is 0 Å². The van der Waals surface area contributed by atoms with Gasteiger partial charge < -0.3 is 14.9 Å². The molecule has 0 unspecified atom stereocenters. The number of nitrogens with zero attached hydrogens (tertiary/aromatic N) is 2. The number of aliphatic carboxylic acids is 1. The van der Waals surface area contributed by atoms with Crippen LogP contribution in [0.5, 0.6) is 0 Å². The number of aromatic nitrogens is 2. The molecule has 0 aliphatic heterocycles. The van der Waals surface area contributed by atoms with E-state index in [1.165, 1.54) is 0 Å². The third-order valence-electron chi connectivity index (χ3n) is 5.10. The van der Waals surface area contributed by atoms with E-state index in [0.29, 0.717) is 35.4 Å². The second-order valence-electron chi connectivity index (χ2n) is 7.45. The topological polar surface area (TPSA) is 105 Å². The molecule has 0 radical (unpaired) electrons. The minimum Gasteiger partial charge on any atom is -0.481 e. The van der Waals surface area contributed by atoms with Crippen LogP contribution in [0.25, 0.3) is 11.1 Å². The molecule has 2 aliphatic carbocycles. The van der Waals surface area contributed by atoms with E-state index < -0.39 is 5.97 Å². The quantitative estimate of drug-likeness (QED) is 0.865. The van der Waals surface area contributed by atoms with E-state index in [1.807, 2.05) is 19.9 Å². The van der Waals surface area contributed by atoms with Crippen LogP contribution in [-0.2, 0) is 4.79 Å². The Balaban J connectivity index is 1.65. The van der Waals surface area contributed by atoms with E-state index in [1.54, 1.807) is 0 Å². The standard InChI is InChI=1S/C18H21N3O4/c1-8(2)15-14-12(16(22)19-11-5-10(6-11)18(23)24)7-13(9-3-4-9)20-17(14)25-21-15/h7-11H,3-6H2,1-2H3,(H,19,22)(H,23,24). The average molecular weight is 343 g/mol. The number of carbonyl (C=O) groups excluding carboxylic acids is 1. The highest BCUT2D eigenvalue weighted by atomic mass is 16.5. The summed E-state index contributed by atoms with van der Waals surface area (Å²) in [4.78, 5) is 28.3. The number of amides is 1. The molecule has 2 fully saturated rings. The summed E-state index contributed by atoms with van der Waals surface area (Å²) in [7, 11) is 0. The number of carboxylic acid groups (broad SMARTS) is 1. The molecule has 25 heavy (non-hydrogen) atoms. The van der Waals surface area contributed by atoms with Gasteiger partial charge in [-0.3, -0.25) is 9.59 Å². The lowest BCUT2D eigenvalue weighted by molar-refractivity contribution is -0.145. The Kier molecular flexibility index (Phi) is 3.74. The summed E-state index contributed by atoms with van der Waals surface area (Å²) in [5.74, 6) is -0.848. The molecule has 2 aromatic rings. The average Bonchev–Trinajstić information content (AvgIpc) is 3.27. The first-order chi connectivity index (χ1) is 11.9. The van der Waals surface area contributed by atoms with Crippen molar-refractivity contribution < 1.29 is 19.2 Å². The predicted molar refractivity (Wildman–Crippen MR) is 89.5 cm³/mol. The molecule has 2 saturated carbocycles. The van der Waals surface area contributed by atoms with Gasteiger partial charge in [-0.2, -0.15) is 0 Å². The van der Waals surface area contributed by atoms with Crippen molar-refractivity contribution in [2.45, 2.75) is 57.4 Å². The number of carboxylic acids is 1. The molecule has 2 aliphatic rings. The summed E-state index contributed by atoms with van der Waals surface area (Å²) >= 11 is 0. The highest BCUT2D eigenvalue weighted by molar-refractivity contribution is 6.06. The molecule has 132 valence electrons. The molecule has 0 atom stereocenters. The largest absolute Gasteiger partial charge is 0.481 e. The van der Waals surface area contributed by atoms with Gasteiger partial charge in [-0.05, 0) is 37.7 Å². The van der Waals surface area contributed by atoms with Gasteiger partial charge in [0.2, 0.25) is 0 Å². The molecule has 1 amide bonds. The number of carbonyl (C=O) groups is 2. The van der Waals surface area contributed by atoms with Crippen LogP contribution in [0, 0.1) is 5.92 Å². The first-order valence-corrected chi connectivity index (χ1v) is 8.78. The Morgan fingerprint density at radius 1 is 1.32 bits per heavy atom. The van der Waals surface area contributed by atoms with Crippen molar-refractivity contribution in [2.75, 3.05) is 0 Å². The Bertz CT molecular complexity index is 847. The van der Waals surface area contributed by atoms with E-state index in [2.05, 4.69) is 15.5 Å². The summed E-state index contributed by atoms with van der Waals surface area (Å²) in [5, 5.41) is 16.7. The van der Waals surface area contributed by atoms with E-state index in [9.17, 15) is 9.59 Å². The maximum Gasteiger partial charge on any atom is 0.306 e. The van der Waals surface area contributed by atoms with Gasteiger partial charge in [0.05, 0.1) is 22.6 Å². The van der Waals surface area contributed by atoms with Crippen LogP contribution in [0.4, 0.5) is 0 Å². The van der Waals surface area contributed by atoms with Gasteiger partial charge >= 0.3 is 5.97 Å². The summed E-state index contributed by atoms with van der Waals surface area (Å²) in [6.07, 6.45) is 3.11. The van der Waals surface area contributed by atoms with Crippen molar-refractivity contribution in [3.05, 3.63) is 23.0 Å². The fourth-order valence-corrected chi connectivity index (χ4v) is 3.35. The fourth-order valence-electron chi connectivity index (χ4n) is 3.35. The van der Waals surface area contributed by atoms with E-state index in [-0.39, 0.29) is 23.8 Å². The van der Waals surface area contributed by atoms with Crippen molar-refractivity contribution in [1.29, 1.82) is 0 Å². The number of pyridine rings is 1. The van der Waals surface area contributed by atoms with Crippen LogP contribution in [0.2, 0.25) is 0 Å². The molecular formula is C18H21N3O4. The monoisotopic (exact) mass is 343 g/mol. The van der Waals surface area contributed by atoms with Crippen LogP contribution in [0.3, 0.4) is 0 Å². The molecule has 0 spiro atoms. The van der Waals surface area contributed by atoms with Gasteiger partial charge in [-0.15, -0.1) is 0 Å². The molecule has 0 aromatic carbocycles. The molecule has 7 nitrogen and oxygen atoms in total. The maximum absolute atomic E-state index is 12.9. The Morgan fingerprint density at radius 3 is 2.64 bits per heavy atom. The van der Waals surface area contributed by atoms with Crippen molar-refractivity contribution >= 4 is 23.0 Å². The normalized spacial score (nSPS) is 22.8. The Morgan fingerprint density at radius 2 is 2.04 bits per heavy atom. The Hall–Kier alpha value is -2.44. The smallest absolute Gasteiger partial charge is 0.306 e. The molecule has 4 rings (SSSR count). The van der Waals surface area contributed by atoms with Crippen LogP contribution >= 0.6 is 0 Å². The minimum atomic E-state index is -0.797. The second-order valence-corrected chi connectivity index (χ2v) is 7.45. The zero-order valence-electron chi connectivity index (χ0n) is 14.3. The third kappa shape index (κ3) is 2.88. The molecule has 0 saturated heterocycles. The SMILES string of the molecule is CC(C)c1noc2nc(C3CC3)cc(C(=O)NC3CC(C(=O)O)C3)c12. The first-order valence-electron chi connectivity index (χ1n) is 8.78. The summed E-state index contributed by atoms with van der Waals surface area (Å²) in [5.41, 5.74) is 2.55. The van der Waals surface area contributed by atoms with E-state index in [4.69, 9.17) is 9.63 Å². The van der Waals surface area contributed by atoms with E-state index in [0.717, 1.165) is 24.2 Å². The fraction of sp³-hybridized carbons (Fsp3) is 0.556. The number of fused-ring (bicyclic) bond motifs is 1. The van der Waals surface area contributed by atoms with E-state index >= 15 is 0 Å². The van der Waals surface area contributed by atoms with Crippen LogP contribution in [-0.4, -0.2) is 33.2 Å². The minimum absolute atomic E-state index is 0.0939. The van der Waals surface area contributed by atoms with Crippen molar-refractivity contribution in [2.24, 2.45) is 5.92 Å². The third-order valence-corrected chi connectivity index (χ3v) is 5.10. The van der Waals surface area contributed by atoms with Gasteiger partial charge in [0.1, 0.15) is 0 Å². The molecule has 2 aromatic heterocycles. The lowest BCUT2D eigenvalue weighted by atomic mass is 9.80. The zero-order chi connectivity index (χ0) is 17.7. The number of nitrogens with one attached hydrogen (secondary N) is 1. The summed E-state index contributed by atoms with van der Waals surface area (Å²) in [6, 6.07) is 1.76. The van der Waals surface area contributed by atoms with Crippen LogP contribution in [0.15, 0.2) is 10.6 Å². The van der Waals surface area contributed by atoms with Crippen LogP contribution < -0.4 is 5.32 Å². The maximum atomic E-state index is 12.9. The van der Waals surface area contributed by atoms with Gasteiger partial charge in [-0.25, -0.2) is 4.98 Å². The lowest BCUT2D eigenvalue weighted by Gasteiger charge is -2.32. The predicted octanol–water partition coefficient (Wildman–Crippen LogP) is 2.82. The molecule has 0 bridgehead atoms. The first kappa shape index (κ1) is 16.1. The van der Waals surface area contributed by atoms with Gasteiger partial charge in [0.15, 0.2) is 0 Å². The van der Waals surface area contributed by atoms with Crippen molar-refractivity contribution in [1.82, 2.24) is 15.5 Å². The second kappa shape index (κ2) is 5.82. The summed E-state index contributed by atoms with van der Waals surface area (Å²) in [6.45, 7) is 3.99. The lowest BCUT2D eigenvalue weighted by Crippen LogP contribution is -2.46. The Labute approximate surface area is 144 Å². The number of hydrogen-bond acceptors (Lipinski definition) is 5. The summed E-state index contributed by atoms with van der Waals surface area (Å²) < 4.78 is 5.39. The molecular weight excluding hydrogens is 322 g/mol. The van der Waals surface area contributed by atoms with Gasteiger partial charge in [0, 0.05) is 17.7 Å². The molecule has 2 heterocycles.